The van der Waals surface area contributed by atoms with Crippen LogP contribution in [0.5, 0.6) is 0 Å². The molecule has 6 heteroatoms. The fourth-order valence-electron chi connectivity index (χ4n) is 0.574. The largest absolute Gasteiger partial charge is 0.281 e. The third-order valence-corrected chi connectivity index (χ3v) is 1.89. The van der Waals surface area contributed by atoms with Crippen LogP contribution in [0.2, 0.25) is 0 Å². The Kier molecular flexibility index (Phi) is 5.46. The molecule has 0 N–H and O–H groups in total. The Morgan fingerprint density at radius 2 is 1.42 bits per heavy atom. The summed E-state index contributed by atoms with van der Waals surface area (Å²) in [6.07, 6.45) is -0.129. The van der Waals surface area contributed by atoms with E-state index in [9.17, 15) is 14.4 Å². The highest BCUT2D eigenvalue weighted by molar-refractivity contribution is 6.73. The smallest absolute Gasteiger partial charge is 0.233 e. The summed E-state index contributed by atoms with van der Waals surface area (Å²) in [6.45, 7) is 0. The molecule has 0 saturated heterocycles. The van der Waals surface area contributed by atoms with Gasteiger partial charge in [-0.1, -0.05) is 0 Å². The van der Waals surface area contributed by atoms with Gasteiger partial charge in [-0.25, -0.2) is 0 Å². The van der Waals surface area contributed by atoms with Gasteiger partial charge in [0.1, 0.15) is 5.92 Å². The van der Waals surface area contributed by atoms with Gasteiger partial charge in [-0.2, -0.15) is 0 Å². The van der Waals surface area contributed by atoms with Gasteiger partial charge in [-0.15, -0.1) is 0 Å². The van der Waals surface area contributed by atoms with Crippen molar-refractivity contribution in [3.05, 3.63) is 0 Å². The number of hydrogen-bond donors (Lipinski definition) is 0. The lowest BCUT2D eigenvalue weighted by Gasteiger charge is -2.03. The third kappa shape index (κ3) is 4.70. The molecule has 68 valence electrons. The molecule has 0 aromatic rings. The molecule has 0 aliphatic heterocycles. The van der Waals surface area contributed by atoms with Crippen molar-refractivity contribution in [2.24, 2.45) is 5.92 Å². The molecule has 0 saturated carbocycles. The summed E-state index contributed by atoms with van der Waals surface area (Å²) in [6, 6.07) is 0. The van der Waals surface area contributed by atoms with Crippen LogP contribution in [0, 0.1) is 5.92 Å². The van der Waals surface area contributed by atoms with Crippen molar-refractivity contribution in [1.29, 1.82) is 0 Å². The molecule has 0 heterocycles. The summed E-state index contributed by atoms with van der Waals surface area (Å²) in [4.78, 5) is 31.3. The number of carbonyl (C=O) groups is 3. The van der Waals surface area contributed by atoms with E-state index < -0.39 is 21.6 Å². The van der Waals surface area contributed by atoms with Gasteiger partial charge in [0.05, 0.1) is 0 Å². The molecule has 0 rings (SSSR count). The first-order chi connectivity index (χ1) is 5.45. The van der Waals surface area contributed by atoms with Crippen molar-refractivity contribution in [2.75, 3.05) is 0 Å². The Morgan fingerprint density at radius 3 is 1.67 bits per heavy atom. The lowest BCUT2D eigenvalue weighted by molar-refractivity contribution is -0.124. The molecular formula is C6H5Cl3O3. The van der Waals surface area contributed by atoms with Crippen molar-refractivity contribution in [3.8, 4) is 0 Å². The van der Waals surface area contributed by atoms with Gasteiger partial charge in [0.2, 0.25) is 15.7 Å². The van der Waals surface area contributed by atoms with Gasteiger partial charge in [-0.3, -0.25) is 14.4 Å². The zero-order valence-electron chi connectivity index (χ0n) is 5.85. The number of carbonyl (C=O) groups excluding carboxylic acids is 3. The van der Waals surface area contributed by atoms with E-state index in [1.807, 2.05) is 0 Å². The fraction of sp³-hybridized carbons (Fsp3) is 0.500. The maximum absolute atomic E-state index is 10.5. The molecule has 0 aliphatic rings. The van der Waals surface area contributed by atoms with Gasteiger partial charge in [-0.05, 0) is 41.2 Å². The normalized spacial score (nSPS) is 10.0. The van der Waals surface area contributed by atoms with Crippen molar-refractivity contribution in [1.82, 2.24) is 0 Å². The van der Waals surface area contributed by atoms with E-state index in [4.69, 9.17) is 34.8 Å². The molecule has 0 atom stereocenters. The average molecular weight is 231 g/mol. The zero-order chi connectivity index (χ0) is 9.72. The van der Waals surface area contributed by atoms with Crippen LogP contribution in [0.4, 0.5) is 0 Å². The van der Waals surface area contributed by atoms with Gasteiger partial charge in [0, 0.05) is 6.42 Å². The zero-order valence-corrected chi connectivity index (χ0v) is 8.12. The first-order valence-corrected chi connectivity index (χ1v) is 4.15. The van der Waals surface area contributed by atoms with Crippen LogP contribution in [0.25, 0.3) is 0 Å². The monoisotopic (exact) mass is 230 g/mol. The number of hydrogen-bond acceptors (Lipinski definition) is 3. The fourth-order valence-corrected chi connectivity index (χ4v) is 1.16. The molecule has 0 aromatic carbocycles. The molecular weight excluding hydrogens is 226 g/mol. The summed E-state index contributed by atoms with van der Waals surface area (Å²) >= 11 is 15.0. The predicted molar refractivity (Wildman–Crippen MR) is 45.3 cm³/mol. The van der Waals surface area contributed by atoms with Crippen molar-refractivity contribution in [3.63, 3.8) is 0 Å². The molecule has 0 unspecified atom stereocenters. The van der Waals surface area contributed by atoms with Gasteiger partial charge >= 0.3 is 0 Å². The Morgan fingerprint density at radius 1 is 1.00 bits per heavy atom. The molecule has 0 amide bonds. The lowest BCUT2D eigenvalue weighted by atomic mass is 10.1. The van der Waals surface area contributed by atoms with E-state index in [1.54, 1.807) is 0 Å². The molecule has 0 aromatic heterocycles. The highest BCUT2D eigenvalue weighted by atomic mass is 35.5. The molecule has 0 bridgehead atoms. The van der Waals surface area contributed by atoms with Gasteiger partial charge in [0.15, 0.2) is 0 Å². The minimum absolute atomic E-state index is 0.0347. The molecule has 0 radical (unpaired) electrons. The topological polar surface area (TPSA) is 51.2 Å². The second-order valence-electron chi connectivity index (χ2n) is 2.05. The highest BCUT2D eigenvalue weighted by Crippen LogP contribution is 2.14. The summed E-state index contributed by atoms with van der Waals surface area (Å²) in [7, 11) is 0. The number of halogens is 3. The summed E-state index contributed by atoms with van der Waals surface area (Å²) in [5, 5.41) is -2.36. The van der Waals surface area contributed by atoms with E-state index in [0.29, 0.717) is 0 Å². The van der Waals surface area contributed by atoms with Crippen LogP contribution in [-0.2, 0) is 14.4 Å². The molecule has 12 heavy (non-hydrogen) atoms. The van der Waals surface area contributed by atoms with Crippen LogP contribution < -0.4 is 0 Å². The minimum Gasteiger partial charge on any atom is -0.281 e. The highest BCUT2D eigenvalue weighted by Gasteiger charge is 2.23. The summed E-state index contributed by atoms with van der Waals surface area (Å²) < 4.78 is 0. The van der Waals surface area contributed by atoms with Crippen molar-refractivity contribution >= 4 is 50.5 Å². The van der Waals surface area contributed by atoms with Crippen molar-refractivity contribution < 1.29 is 14.4 Å². The summed E-state index contributed by atoms with van der Waals surface area (Å²) in [5.74, 6) is -1.13. The quantitative estimate of drug-likeness (QED) is 0.534. The Bertz CT molecular complexity index is 200. The maximum Gasteiger partial charge on any atom is 0.233 e. The molecule has 0 aliphatic carbocycles. The van der Waals surface area contributed by atoms with Gasteiger partial charge < -0.3 is 0 Å². The first kappa shape index (κ1) is 11.9. The van der Waals surface area contributed by atoms with E-state index in [-0.39, 0.29) is 12.8 Å². The average Bonchev–Trinajstić information content (AvgIpc) is 1.84. The standard InChI is InChI=1S/C6H5Cl3O3/c7-4(10)2-1-3(5(8)11)6(9)12/h3H,1-2H2. The van der Waals surface area contributed by atoms with Crippen molar-refractivity contribution in [2.45, 2.75) is 12.8 Å². The van der Waals surface area contributed by atoms with E-state index in [1.165, 1.54) is 0 Å². The van der Waals surface area contributed by atoms with Crippen LogP contribution in [-0.4, -0.2) is 15.7 Å². The Balaban J connectivity index is 4.06. The Hall–Kier alpha value is -0.120. The molecule has 3 nitrogen and oxygen atoms in total. The Labute approximate surface area is 84.0 Å². The van der Waals surface area contributed by atoms with Gasteiger partial charge in [0.25, 0.3) is 0 Å². The number of rotatable bonds is 5. The van der Waals surface area contributed by atoms with Crippen LogP contribution in [0.1, 0.15) is 12.8 Å². The summed E-state index contributed by atoms with van der Waals surface area (Å²) in [5.41, 5.74) is 0. The lowest BCUT2D eigenvalue weighted by Crippen LogP contribution is -2.16. The maximum atomic E-state index is 10.5. The minimum atomic E-state index is -1.13. The van der Waals surface area contributed by atoms with Crippen LogP contribution in [0.3, 0.4) is 0 Å². The first-order valence-electron chi connectivity index (χ1n) is 3.02. The van der Waals surface area contributed by atoms with E-state index in [2.05, 4.69) is 0 Å². The predicted octanol–water partition coefficient (Wildman–Crippen LogP) is 1.68. The second kappa shape index (κ2) is 5.51. The van der Waals surface area contributed by atoms with Crippen LogP contribution >= 0.6 is 34.8 Å². The SMILES string of the molecule is O=C(Cl)CCC(C(=O)Cl)C(=O)Cl. The molecule has 0 spiro atoms. The second-order valence-corrected chi connectivity index (χ2v) is 3.22. The van der Waals surface area contributed by atoms with E-state index >= 15 is 0 Å². The van der Waals surface area contributed by atoms with E-state index in [0.717, 1.165) is 0 Å². The third-order valence-electron chi connectivity index (χ3n) is 1.18. The van der Waals surface area contributed by atoms with Crippen LogP contribution in [0.15, 0.2) is 0 Å². The molecule has 0 fully saturated rings.